The maximum atomic E-state index is 12.5. The number of allylic oxidation sites excluding steroid dienone is 1. The number of benzene rings is 2. The number of aliphatic hydroxyl groups excluding tert-OH is 1. The molecule has 0 aliphatic rings. The SMILES string of the molecule is Cc1ccc(C(O)c2ccc(NC(=O)OC(C)(C)C)cc2)cc1NC(=O)C(=N)C=C(N)C(F)(F)F. The number of ether oxygens (including phenoxy) is 1. The lowest BCUT2D eigenvalue weighted by molar-refractivity contribution is -0.110. The Kier molecular flexibility index (Phi) is 8.29. The number of carbonyl (C=O) groups excluding carboxylic acids is 2. The third-order valence-electron chi connectivity index (χ3n) is 4.57. The first-order valence-corrected chi connectivity index (χ1v) is 10.4. The highest BCUT2D eigenvalue weighted by molar-refractivity contribution is 6.46. The number of aliphatic hydroxyl groups is 1. The van der Waals surface area contributed by atoms with Gasteiger partial charge in [0, 0.05) is 11.4 Å². The lowest BCUT2D eigenvalue weighted by atomic mass is 9.99. The fraction of sp³-hybridized carbons (Fsp3) is 0.292. The number of alkyl halides is 3. The van der Waals surface area contributed by atoms with E-state index in [2.05, 4.69) is 10.6 Å². The van der Waals surface area contributed by atoms with Crippen LogP contribution < -0.4 is 16.4 Å². The molecule has 0 bridgehead atoms. The molecular formula is C24H27F3N4O4. The Morgan fingerprint density at radius 3 is 2.17 bits per heavy atom. The van der Waals surface area contributed by atoms with E-state index in [4.69, 9.17) is 15.9 Å². The summed E-state index contributed by atoms with van der Waals surface area (Å²) in [6, 6.07) is 11.0. The molecule has 11 heteroatoms. The molecule has 0 saturated carbocycles. The van der Waals surface area contributed by atoms with Gasteiger partial charge < -0.3 is 20.9 Å². The first-order chi connectivity index (χ1) is 16.1. The van der Waals surface area contributed by atoms with Crippen molar-refractivity contribution in [2.45, 2.75) is 45.6 Å². The van der Waals surface area contributed by atoms with Crippen molar-refractivity contribution in [3.8, 4) is 0 Å². The van der Waals surface area contributed by atoms with Crippen LogP contribution in [0.2, 0.25) is 0 Å². The maximum absolute atomic E-state index is 12.5. The second-order valence-corrected chi connectivity index (χ2v) is 8.69. The summed E-state index contributed by atoms with van der Waals surface area (Å²) in [6.45, 7) is 6.86. The summed E-state index contributed by atoms with van der Waals surface area (Å²) in [6.07, 6.45) is -6.36. The third-order valence-corrected chi connectivity index (χ3v) is 4.57. The van der Waals surface area contributed by atoms with Crippen LogP contribution in [-0.4, -0.2) is 34.6 Å². The minimum atomic E-state index is -4.86. The number of nitrogens with two attached hydrogens (primary N) is 1. The van der Waals surface area contributed by atoms with Crippen LogP contribution in [0.5, 0.6) is 0 Å². The molecule has 188 valence electrons. The Labute approximate surface area is 200 Å². The molecule has 0 radical (unpaired) electrons. The van der Waals surface area contributed by atoms with E-state index in [9.17, 15) is 27.9 Å². The molecule has 0 fully saturated rings. The normalized spacial score (nSPS) is 13.1. The van der Waals surface area contributed by atoms with E-state index in [1.807, 2.05) is 0 Å². The summed E-state index contributed by atoms with van der Waals surface area (Å²) in [5.41, 5.74) is 3.75. The predicted octanol–water partition coefficient (Wildman–Crippen LogP) is 4.79. The number of hydrogen-bond acceptors (Lipinski definition) is 6. The maximum Gasteiger partial charge on any atom is 0.430 e. The lowest BCUT2D eigenvalue weighted by Gasteiger charge is -2.20. The summed E-state index contributed by atoms with van der Waals surface area (Å²) in [7, 11) is 0. The largest absolute Gasteiger partial charge is 0.444 e. The van der Waals surface area contributed by atoms with Crippen LogP contribution in [-0.2, 0) is 9.53 Å². The highest BCUT2D eigenvalue weighted by Gasteiger charge is 2.32. The molecule has 0 heterocycles. The summed E-state index contributed by atoms with van der Waals surface area (Å²) in [5.74, 6) is -1.09. The number of rotatable bonds is 6. The van der Waals surface area contributed by atoms with E-state index in [-0.39, 0.29) is 11.8 Å². The Morgan fingerprint density at radius 1 is 1.06 bits per heavy atom. The molecule has 8 nitrogen and oxygen atoms in total. The van der Waals surface area contributed by atoms with Gasteiger partial charge in [-0.05, 0) is 68.7 Å². The molecule has 2 aromatic rings. The zero-order chi connectivity index (χ0) is 26.6. The van der Waals surface area contributed by atoms with Crippen molar-refractivity contribution in [3.05, 3.63) is 70.9 Å². The molecule has 0 aliphatic heterocycles. The number of amides is 2. The Morgan fingerprint density at radius 2 is 1.63 bits per heavy atom. The van der Waals surface area contributed by atoms with E-state index in [0.717, 1.165) is 0 Å². The summed E-state index contributed by atoms with van der Waals surface area (Å²) >= 11 is 0. The monoisotopic (exact) mass is 492 g/mol. The molecule has 2 amide bonds. The highest BCUT2D eigenvalue weighted by Crippen LogP contribution is 2.28. The van der Waals surface area contributed by atoms with Crippen molar-refractivity contribution in [1.29, 1.82) is 5.41 Å². The zero-order valence-electron chi connectivity index (χ0n) is 19.6. The number of anilines is 2. The Hall–Kier alpha value is -3.86. The average molecular weight is 492 g/mol. The van der Waals surface area contributed by atoms with E-state index in [1.54, 1.807) is 64.1 Å². The van der Waals surface area contributed by atoms with Crippen LogP contribution >= 0.6 is 0 Å². The first-order valence-electron chi connectivity index (χ1n) is 10.4. The van der Waals surface area contributed by atoms with E-state index < -0.39 is 41.3 Å². The molecule has 2 rings (SSSR count). The van der Waals surface area contributed by atoms with Crippen LogP contribution in [0, 0.1) is 12.3 Å². The van der Waals surface area contributed by atoms with Gasteiger partial charge in [-0.2, -0.15) is 13.2 Å². The minimum absolute atomic E-state index is 0.207. The first kappa shape index (κ1) is 27.4. The number of aryl methyl sites for hydroxylation is 1. The minimum Gasteiger partial charge on any atom is -0.444 e. The van der Waals surface area contributed by atoms with Gasteiger partial charge in [0.1, 0.15) is 23.1 Å². The molecule has 0 spiro atoms. The summed E-state index contributed by atoms with van der Waals surface area (Å²) in [4.78, 5) is 24.1. The molecule has 1 unspecified atom stereocenters. The van der Waals surface area contributed by atoms with Gasteiger partial charge in [0.15, 0.2) is 0 Å². The smallest absolute Gasteiger partial charge is 0.430 e. The quantitative estimate of drug-likeness (QED) is 0.369. The van der Waals surface area contributed by atoms with Crippen LogP contribution in [0.15, 0.2) is 54.2 Å². The number of nitrogens with one attached hydrogen (secondary N) is 3. The van der Waals surface area contributed by atoms with Crippen LogP contribution in [0.3, 0.4) is 0 Å². The highest BCUT2D eigenvalue weighted by atomic mass is 19.4. The summed E-state index contributed by atoms with van der Waals surface area (Å²) in [5, 5.41) is 23.3. The Bertz CT molecular complexity index is 1140. The topological polar surface area (TPSA) is 138 Å². The van der Waals surface area contributed by atoms with Crippen molar-refractivity contribution in [1.82, 2.24) is 0 Å². The predicted molar refractivity (Wildman–Crippen MR) is 126 cm³/mol. The van der Waals surface area contributed by atoms with Crippen LogP contribution in [0.1, 0.15) is 43.6 Å². The third kappa shape index (κ3) is 8.14. The Balaban J connectivity index is 2.15. The molecule has 0 aromatic heterocycles. The van der Waals surface area contributed by atoms with Crippen LogP contribution in [0.25, 0.3) is 0 Å². The molecule has 0 saturated heterocycles. The molecule has 6 N–H and O–H groups in total. The second kappa shape index (κ2) is 10.6. The van der Waals surface area contributed by atoms with Crippen molar-refractivity contribution in [3.63, 3.8) is 0 Å². The molecule has 35 heavy (non-hydrogen) atoms. The molecule has 2 aromatic carbocycles. The van der Waals surface area contributed by atoms with Crippen molar-refractivity contribution < 1.29 is 32.6 Å². The van der Waals surface area contributed by atoms with Gasteiger partial charge in [0.25, 0.3) is 5.91 Å². The lowest BCUT2D eigenvalue weighted by Crippen LogP contribution is -2.27. The number of carbonyl (C=O) groups is 2. The van der Waals surface area contributed by atoms with Gasteiger partial charge in [-0.1, -0.05) is 24.3 Å². The van der Waals surface area contributed by atoms with Gasteiger partial charge in [-0.25, -0.2) is 4.79 Å². The van der Waals surface area contributed by atoms with E-state index in [0.29, 0.717) is 22.4 Å². The number of hydrogen-bond donors (Lipinski definition) is 5. The van der Waals surface area contributed by atoms with Crippen molar-refractivity contribution >= 4 is 29.1 Å². The van der Waals surface area contributed by atoms with Crippen molar-refractivity contribution in [2.24, 2.45) is 5.73 Å². The summed E-state index contributed by atoms with van der Waals surface area (Å²) < 4.78 is 42.8. The molecule has 1 atom stereocenters. The zero-order valence-corrected chi connectivity index (χ0v) is 19.6. The van der Waals surface area contributed by atoms with Gasteiger partial charge in [0.2, 0.25) is 0 Å². The average Bonchev–Trinajstić information content (AvgIpc) is 2.73. The number of halogens is 3. The second-order valence-electron chi connectivity index (χ2n) is 8.69. The van der Waals surface area contributed by atoms with Gasteiger partial charge in [-0.15, -0.1) is 0 Å². The fourth-order valence-electron chi connectivity index (χ4n) is 2.80. The van der Waals surface area contributed by atoms with Crippen LogP contribution in [0.4, 0.5) is 29.3 Å². The van der Waals surface area contributed by atoms with Crippen molar-refractivity contribution in [2.75, 3.05) is 10.6 Å². The van der Waals surface area contributed by atoms with Gasteiger partial charge in [-0.3, -0.25) is 15.5 Å². The molecular weight excluding hydrogens is 465 g/mol. The van der Waals surface area contributed by atoms with E-state index in [1.165, 1.54) is 6.07 Å². The standard InChI is InChI=1S/C24H27F3N4O4/c1-13-5-6-15(11-18(13)31-21(33)17(28)12-19(29)24(25,26)27)20(32)14-7-9-16(10-8-14)30-22(34)35-23(2,3)4/h5-12,20,28,32H,29H2,1-4H3,(H,30,34)(H,31,33). The van der Waals surface area contributed by atoms with Gasteiger partial charge in [0.05, 0.1) is 0 Å². The fourth-order valence-corrected chi connectivity index (χ4v) is 2.80. The molecule has 0 aliphatic carbocycles. The van der Waals surface area contributed by atoms with Gasteiger partial charge >= 0.3 is 12.3 Å². The van der Waals surface area contributed by atoms with E-state index >= 15 is 0 Å².